The molecular formula is C44H26N2O2. The summed E-state index contributed by atoms with van der Waals surface area (Å²) >= 11 is 0. The first kappa shape index (κ1) is 26.7. The van der Waals surface area contributed by atoms with E-state index in [0.29, 0.717) is 5.82 Å². The van der Waals surface area contributed by atoms with E-state index in [1.54, 1.807) is 0 Å². The van der Waals surface area contributed by atoms with Gasteiger partial charge in [-0.25, -0.2) is 9.97 Å². The van der Waals surface area contributed by atoms with Gasteiger partial charge in [-0.15, -0.1) is 0 Å². The SMILES string of the molecule is c1ccc(-c2cc(-c3ccc(-c4cc5oc6ccc7ccccc7c6c5c5c4oc4ccccc45)cc3)nc(-c3ccccc3)n2)cc1. The number of para-hydroxylation sites is 1. The average Bonchev–Trinajstić information content (AvgIpc) is 3.74. The van der Waals surface area contributed by atoms with Crippen molar-refractivity contribution in [2.24, 2.45) is 0 Å². The highest BCUT2D eigenvalue weighted by Crippen LogP contribution is 2.46. The highest BCUT2D eigenvalue weighted by molar-refractivity contribution is 6.32. The summed E-state index contributed by atoms with van der Waals surface area (Å²) in [5.41, 5.74) is 10.2. The lowest BCUT2D eigenvalue weighted by Crippen LogP contribution is -1.95. The Morgan fingerprint density at radius 3 is 1.77 bits per heavy atom. The number of fused-ring (bicyclic) bond motifs is 9. The number of benzene rings is 7. The molecule has 0 aliphatic heterocycles. The van der Waals surface area contributed by atoms with Crippen LogP contribution in [-0.4, -0.2) is 9.97 Å². The maximum atomic E-state index is 6.66. The summed E-state index contributed by atoms with van der Waals surface area (Å²) in [5, 5.41) is 6.72. The maximum absolute atomic E-state index is 6.66. The van der Waals surface area contributed by atoms with Crippen molar-refractivity contribution in [3.8, 4) is 45.0 Å². The minimum absolute atomic E-state index is 0.697. The minimum atomic E-state index is 0.697. The van der Waals surface area contributed by atoms with E-state index in [9.17, 15) is 0 Å². The topological polar surface area (TPSA) is 52.1 Å². The fourth-order valence-electron chi connectivity index (χ4n) is 7.02. The molecular weight excluding hydrogens is 588 g/mol. The normalized spacial score (nSPS) is 11.8. The van der Waals surface area contributed by atoms with Crippen LogP contribution in [-0.2, 0) is 0 Å². The summed E-state index contributed by atoms with van der Waals surface area (Å²) in [7, 11) is 0. The fourth-order valence-corrected chi connectivity index (χ4v) is 7.02. The van der Waals surface area contributed by atoms with E-state index in [1.807, 2.05) is 60.7 Å². The van der Waals surface area contributed by atoms with Crippen molar-refractivity contribution in [3.63, 3.8) is 0 Å². The van der Waals surface area contributed by atoms with E-state index >= 15 is 0 Å². The van der Waals surface area contributed by atoms with E-state index in [2.05, 4.69) is 97.1 Å². The van der Waals surface area contributed by atoms with Crippen LogP contribution in [0.4, 0.5) is 0 Å². The first-order chi connectivity index (χ1) is 23.8. The molecule has 0 bridgehead atoms. The molecule has 0 spiro atoms. The van der Waals surface area contributed by atoms with Crippen molar-refractivity contribution in [2.75, 3.05) is 0 Å². The van der Waals surface area contributed by atoms with Crippen LogP contribution in [0.25, 0.3) is 99.7 Å². The number of aromatic nitrogens is 2. The van der Waals surface area contributed by atoms with Crippen LogP contribution in [0.3, 0.4) is 0 Å². The second-order valence-corrected chi connectivity index (χ2v) is 12.1. The van der Waals surface area contributed by atoms with Gasteiger partial charge in [0.05, 0.1) is 11.4 Å². The summed E-state index contributed by atoms with van der Waals surface area (Å²) in [5.74, 6) is 0.697. The van der Waals surface area contributed by atoms with Gasteiger partial charge in [-0.1, -0.05) is 133 Å². The van der Waals surface area contributed by atoms with E-state index in [4.69, 9.17) is 18.8 Å². The second-order valence-electron chi connectivity index (χ2n) is 12.1. The Labute approximate surface area is 275 Å². The molecule has 0 fully saturated rings. The third kappa shape index (κ3) is 4.16. The summed E-state index contributed by atoms with van der Waals surface area (Å²) in [4.78, 5) is 9.98. The maximum Gasteiger partial charge on any atom is 0.160 e. The lowest BCUT2D eigenvalue weighted by Gasteiger charge is -2.10. The zero-order chi connectivity index (χ0) is 31.6. The Balaban J connectivity index is 1.17. The largest absolute Gasteiger partial charge is 0.456 e. The Bertz CT molecular complexity index is 2760. The number of nitrogens with zero attached hydrogens (tertiary/aromatic N) is 2. The second kappa shape index (κ2) is 10.5. The van der Waals surface area contributed by atoms with Crippen LogP contribution in [0, 0.1) is 0 Å². The number of hydrogen-bond donors (Lipinski definition) is 0. The molecule has 0 amide bonds. The molecule has 7 aromatic carbocycles. The van der Waals surface area contributed by atoms with Crippen molar-refractivity contribution in [3.05, 3.63) is 158 Å². The number of furan rings is 2. The van der Waals surface area contributed by atoms with Crippen molar-refractivity contribution >= 4 is 54.6 Å². The first-order valence-electron chi connectivity index (χ1n) is 16.1. The van der Waals surface area contributed by atoms with Gasteiger partial charge in [0.2, 0.25) is 0 Å². The zero-order valence-electron chi connectivity index (χ0n) is 25.7. The van der Waals surface area contributed by atoms with Crippen LogP contribution in [0.5, 0.6) is 0 Å². The van der Waals surface area contributed by atoms with Gasteiger partial charge in [-0.05, 0) is 40.6 Å². The van der Waals surface area contributed by atoms with Gasteiger partial charge >= 0.3 is 0 Å². The van der Waals surface area contributed by atoms with Gasteiger partial charge in [-0.3, -0.25) is 0 Å². The average molecular weight is 615 g/mol. The quantitative estimate of drug-likeness (QED) is 0.198. The molecule has 0 unspecified atom stereocenters. The summed E-state index contributed by atoms with van der Waals surface area (Å²) in [6.07, 6.45) is 0. The molecule has 0 aliphatic carbocycles. The Hall–Kier alpha value is -6.52. The molecule has 4 heteroatoms. The molecule has 0 saturated carbocycles. The van der Waals surface area contributed by atoms with E-state index in [1.165, 1.54) is 10.8 Å². The molecule has 0 aliphatic rings. The van der Waals surface area contributed by atoms with E-state index in [0.717, 1.165) is 83.1 Å². The predicted molar refractivity (Wildman–Crippen MR) is 196 cm³/mol. The van der Waals surface area contributed by atoms with Crippen molar-refractivity contribution in [1.82, 2.24) is 9.97 Å². The Kier molecular flexibility index (Phi) is 5.84. The zero-order valence-corrected chi connectivity index (χ0v) is 25.7. The van der Waals surface area contributed by atoms with Crippen molar-refractivity contribution < 1.29 is 8.83 Å². The number of hydrogen-bond acceptors (Lipinski definition) is 4. The van der Waals surface area contributed by atoms with Gasteiger partial charge < -0.3 is 8.83 Å². The van der Waals surface area contributed by atoms with Crippen LogP contribution < -0.4 is 0 Å². The van der Waals surface area contributed by atoms with Crippen molar-refractivity contribution in [2.45, 2.75) is 0 Å². The van der Waals surface area contributed by atoms with Crippen LogP contribution in [0.2, 0.25) is 0 Å². The van der Waals surface area contributed by atoms with Gasteiger partial charge in [0, 0.05) is 43.8 Å². The highest BCUT2D eigenvalue weighted by Gasteiger charge is 2.22. The molecule has 0 saturated heterocycles. The minimum Gasteiger partial charge on any atom is -0.456 e. The number of rotatable bonds is 4. The molecule has 3 aromatic heterocycles. The van der Waals surface area contributed by atoms with Gasteiger partial charge in [0.1, 0.15) is 22.3 Å². The van der Waals surface area contributed by atoms with E-state index in [-0.39, 0.29) is 0 Å². The van der Waals surface area contributed by atoms with Gasteiger partial charge in [-0.2, -0.15) is 0 Å². The van der Waals surface area contributed by atoms with Crippen LogP contribution >= 0.6 is 0 Å². The molecule has 0 radical (unpaired) electrons. The van der Waals surface area contributed by atoms with Gasteiger partial charge in [0.15, 0.2) is 5.82 Å². The molecule has 48 heavy (non-hydrogen) atoms. The summed E-state index contributed by atoms with van der Waals surface area (Å²) < 4.78 is 13.3. The van der Waals surface area contributed by atoms with E-state index < -0.39 is 0 Å². The lowest BCUT2D eigenvalue weighted by molar-refractivity contribution is 0.664. The van der Waals surface area contributed by atoms with Crippen LogP contribution in [0.15, 0.2) is 167 Å². The fraction of sp³-hybridized carbons (Fsp3) is 0. The lowest BCUT2D eigenvalue weighted by atomic mass is 9.95. The van der Waals surface area contributed by atoms with Crippen LogP contribution in [0.1, 0.15) is 0 Å². The third-order valence-corrected chi connectivity index (χ3v) is 9.29. The summed E-state index contributed by atoms with van der Waals surface area (Å²) in [6, 6.07) is 54.1. The molecule has 10 aromatic rings. The Morgan fingerprint density at radius 1 is 0.375 bits per heavy atom. The predicted octanol–water partition coefficient (Wildman–Crippen LogP) is 12.1. The third-order valence-electron chi connectivity index (χ3n) is 9.29. The molecule has 224 valence electrons. The Morgan fingerprint density at radius 2 is 1.00 bits per heavy atom. The molecule has 0 N–H and O–H groups in total. The standard InChI is InChI=1S/C44H26N2O2/c1-3-12-29(13-4-1)35-26-36(46-44(45-35)31-14-5-2-6-15-31)30-21-19-28(20-22-30)34-25-39-42(41-33-17-9-10-18-37(33)48-43(34)41)40-32-16-8-7-11-27(32)23-24-38(40)47-39/h1-26H. The molecule has 4 nitrogen and oxygen atoms in total. The first-order valence-corrected chi connectivity index (χ1v) is 16.1. The molecule has 3 heterocycles. The molecule has 0 atom stereocenters. The smallest absolute Gasteiger partial charge is 0.160 e. The summed E-state index contributed by atoms with van der Waals surface area (Å²) in [6.45, 7) is 0. The monoisotopic (exact) mass is 614 g/mol. The molecule has 10 rings (SSSR count). The van der Waals surface area contributed by atoms with Gasteiger partial charge in [0.25, 0.3) is 0 Å². The highest BCUT2D eigenvalue weighted by atomic mass is 16.3. The van der Waals surface area contributed by atoms with Crippen molar-refractivity contribution in [1.29, 1.82) is 0 Å².